The first-order valence-corrected chi connectivity index (χ1v) is 6.87. The predicted octanol–water partition coefficient (Wildman–Crippen LogP) is 4.15. The van der Waals surface area contributed by atoms with Crippen LogP contribution in [0.25, 0.3) is 16.8 Å². The van der Waals surface area contributed by atoms with Crippen LogP contribution in [0.5, 0.6) is 11.5 Å². The molecule has 0 saturated heterocycles. The van der Waals surface area contributed by atoms with E-state index in [0.717, 1.165) is 21.9 Å². The fraction of sp³-hybridized carbons (Fsp3) is 0. The molecule has 3 aromatic rings. The van der Waals surface area contributed by atoms with Crippen molar-refractivity contribution in [1.82, 2.24) is 0 Å². The highest BCUT2D eigenvalue weighted by Gasteiger charge is 2.13. The number of allylic oxidation sites excluding steroid dienone is 1. The van der Waals surface area contributed by atoms with Crippen LogP contribution >= 0.6 is 0 Å². The van der Waals surface area contributed by atoms with Crippen LogP contribution in [0.2, 0.25) is 0 Å². The third kappa shape index (κ3) is 2.69. The molecule has 4 rings (SSSR count). The Balaban J connectivity index is 0.000000154. The van der Waals surface area contributed by atoms with Crippen LogP contribution in [0.3, 0.4) is 0 Å². The topological polar surface area (TPSA) is 57.5 Å². The predicted molar refractivity (Wildman–Crippen MR) is 87.1 cm³/mol. The monoisotopic (exact) mass is 290 g/mol. The Labute approximate surface area is 127 Å². The lowest BCUT2D eigenvalue weighted by atomic mass is 9.92. The Morgan fingerprint density at radius 2 is 1.27 bits per heavy atom. The van der Waals surface area contributed by atoms with E-state index < -0.39 is 0 Å². The van der Waals surface area contributed by atoms with Gasteiger partial charge in [-0.2, -0.15) is 0 Å². The van der Waals surface area contributed by atoms with Gasteiger partial charge in [-0.25, -0.2) is 0 Å². The molecule has 0 fully saturated rings. The van der Waals surface area contributed by atoms with Gasteiger partial charge in [-0.05, 0) is 41.3 Å². The van der Waals surface area contributed by atoms with E-state index in [1.165, 1.54) is 24.3 Å². The fourth-order valence-corrected chi connectivity index (χ4v) is 2.42. The summed E-state index contributed by atoms with van der Waals surface area (Å²) in [6.07, 6.45) is 3.52. The van der Waals surface area contributed by atoms with Crippen LogP contribution in [0.15, 0.2) is 66.7 Å². The number of hydrogen-bond acceptors (Lipinski definition) is 3. The molecule has 2 N–H and O–H groups in total. The number of rotatable bonds is 0. The first kappa shape index (κ1) is 13.9. The van der Waals surface area contributed by atoms with Gasteiger partial charge in [0.1, 0.15) is 11.5 Å². The van der Waals surface area contributed by atoms with Crippen LogP contribution in [0, 0.1) is 0 Å². The molecule has 1 aliphatic rings. The van der Waals surface area contributed by atoms with Gasteiger partial charge >= 0.3 is 0 Å². The number of phenols is 2. The lowest BCUT2D eigenvalue weighted by molar-refractivity contribution is 0.104. The number of aromatic hydroxyl groups is 2. The lowest BCUT2D eigenvalue weighted by Crippen LogP contribution is -2.00. The summed E-state index contributed by atoms with van der Waals surface area (Å²) in [6, 6.07) is 17.6. The van der Waals surface area contributed by atoms with E-state index in [9.17, 15) is 4.79 Å². The van der Waals surface area contributed by atoms with E-state index in [1.54, 1.807) is 6.08 Å². The van der Waals surface area contributed by atoms with Crippen LogP contribution in [0.1, 0.15) is 15.9 Å². The lowest BCUT2D eigenvalue weighted by Gasteiger charge is -2.10. The summed E-state index contributed by atoms with van der Waals surface area (Å²) in [6.45, 7) is 0. The van der Waals surface area contributed by atoms with Crippen molar-refractivity contribution in [3.63, 3.8) is 0 Å². The number of ketones is 1. The fourth-order valence-electron chi connectivity index (χ4n) is 2.42. The van der Waals surface area contributed by atoms with E-state index in [2.05, 4.69) is 0 Å². The molecule has 0 unspecified atom stereocenters. The first-order valence-electron chi connectivity index (χ1n) is 6.87. The normalized spacial score (nSPS) is 11.9. The average Bonchev–Trinajstić information content (AvgIpc) is 2.55. The molecule has 3 aromatic carbocycles. The minimum atomic E-state index is 0.106. The number of hydrogen-bond donors (Lipinski definition) is 2. The van der Waals surface area contributed by atoms with Crippen LogP contribution < -0.4 is 0 Å². The largest absolute Gasteiger partial charge is 0.508 e. The van der Waals surface area contributed by atoms with Gasteiger partial charge in [-0.3, -0.25) is 4.79 Å². The zero-order chi connectivity index (χ0) is 15.5. The van der Waals surface area contributed by atoms with E-state index in [-0.39, 0.29) is 17.3 Å². The van der Waals surface area contributed by atoms with Gasteiger partial charge in [0, 0.05) is 10.9 Å². The zero-order valence-corrected chi connectivity index (χ0v) is 11.7. The maximum absolute atomic E-state index is 11.6. The maximum atomic E-state index is 11.6. The third-order valence-corrected chi connectivity index (χ3v) is 3.47. The van der Waals surface area contributed by atoms with Crippen LogP contribution in [-0.4, -0.2) is 16.0 Å². The molecule has 3 nitrogen and oxygen atoms in total. The minimum absolute atomic E-state index is 0.106. The van der Waals surface area contributed by atoms with Gasteiger partial charge in [0.25, 0.3) is 0 Å². The van der Waals surface area contributed by atoms with Gasteiger partial charge in [-0.1, -0.05) is 42.5 Å². The van der Waals surface area contributed by atoms with Crippen molar-refractivity contribution in [1.29, 1.82) is 0 Å². The molecule has 0 heterocycles. The molecule has 0 radical (unpaired) electrons. The molecule has 0 atom stereocenters. The Morgan fingerprint density at radius 3 is 1.91 bits per heavy atom. The first-order chi connectivity index (χ1) is 10.6. The highest BCUT2D eigenvalue weighted by Crippen LogP contribution is 2.27. The van der Waals surface area contributed by atoms with Gasteiger partial charge < -0.3 is 10.2 Å². The summed E-state index contributed by atoms with van der Waals surface area (Å²) in [5.74, 6) is 0.444. The number of benzene rings is 3. The quantitative estimate of drug-likeness (QED) is 0.612. The molecular weight excluding hydrogens is 276 g/mol. The molecule has 108 valence electrons. The number of carbonyl (C=O) groups is 1. The Bertz CT molecular complexity index is 835. The maximum Gasteiger partial charge on any atom is 0.186 e. The standard InChI is InChI=1S/C13H8O.C6H6O2/c14-12-8-7-10-4-1-3-9-5-2-6-11(12)13(9)10;7-5-1-2-6(8)4-3-5/h1-8H;1-4,7-8H. The summed E-state index contributed by atoms with van der Waals surface area (Å²) >= 11 is 0. The summed E-state index contributed by atoms with van der Waals surface area (Å²) in [4.78, 5) is 11.6. The van der Waals surface area contributed by atoms with E-state index >= 15 is 0 Å². The molecule has 0 aromatic heterocycles. The van der Waals surface area contributed by atoms with Crippen molar-refractivity contribution < 1.29 is 15.0 Å². The molecule has 0 bridgehead atoms. The molecule has 0 saturated carbocycles. The zero-order valence-electron chi connectivity index (χ0n) is 11.7. The van der Waals surface area contributed by atoms with Gasteiger partial charge in [0.2, 0.25) is 0 Å². The Kier molecular flexibility index (Phi) is 3.62. The molecule has 1 aliphatic carbocycles. The van der Waals surface area contributed by atoms with Gasteiger partial charge in [-0.15, -0.1) is 0 Å². The second-order valence-electron chi connectivity index (χ2n) is 4.96. The number of carbonyl (C=O) groups excluding carboxylic acids is 1. The average molecular weight is 290 g/mol. The highest BCUT2D eigenvalue weighted by molar-refractivity contribution is 6.19. The van der Waals surface area contributed by atoms with Crippen molar-refractivity contribution in [3.8, 4) is 11.5 Å². The van der Waals surface area contributed by atoms with Gasteiger partial charge in [0.15, 0.2) is 5.78 Å². The molecule has 0 spiro atoms. The summed E-state index contributed by atoms with van der Waals surface area (Å²) in [7, 11) is 0. The molecular formula is C19H14O3. The molecule has 3 heteroatoms. The van der Waals surface area contributed by atoms with Crippen molar-refractivity contribution in [2.24, 2.45) is 0 Å². The van der Waals surface area contributed by atoms with E-state index in [0.29, 0.717) is 0 Å². The molecule has 0 amide bonds. The smallest absolute Gasteiger partial charge is 0.186 e. The summed E-state index contributed by atoms with van der Waals surface area (Å²) in [5.41, 5.74) is 1.96. The summed E-state index contributed by atoms with van der Waals surface area (Å²) in [5, 5.41) is 19.5. The van der Waals surface area contributed by atoms with Crippen LogP contribution in [-0.2, 0) is 0 Å². The highest BCUT2D eigenvalue weighted by atomic mass is 16.3. The van der Waals surface area contributed by atoms with Crippen molar-refractivity contribution in [2.45, 2.75) is 0 Å². The number of phenolic OH excluding ortho intramolecular Hbond substituents is 2. The Morgan fingerprint density at radius 1 is 0.682 bits per heavy atom. The van der Waals surface area contributed by atoms with E-state index in [4.69, 9.17) is 10.2 Å². The molecule has 0 aliphatic heterocycles. The van der Waals surface area contributed by atoms with Crippen LogP contribution in [0.4, 0.5) is 0 Å². The Hall–Kier alpha value is -3.07. The van der Waals surface area contributed by atoms with E-state index in [1.807, 2.05) is 42.5 Å². The second kappa shape index (κ2) is 5.74. The molecule has 22 heavy (non-hydrogen) atoms. The van der Waals surface area contributed by atoms with Crippen molar-refractivity contribution >= 4 is 22.6 Å². The second-order valence-corrected chi connectivity index (χ2v) is 4.96. The summed E-state index contributed by atoms with van der Waals surface area (Å²) < 4.78 is 0. The third-order valence-electron chi connectivity index (χ3n) is 3.47. The SMILES string of the molecule is O=C1C=Cc2cccc3cccc1c23.Oc1ccc(O)cc1. The van der Waals surface area contributed by atoms with Crippen molar-refractivity contribution in [2.75, 3.05) is 0 Å². The minimum Gasteiger partial charge on any atom is -0.508 e. The van der Waals surface area contributed by atoms with Crippen molar-refractivity contribution in [3.05, 3.63) is 77.9 Å². The van der Waals surface area contributed by atoms with Gasteiger partial charge in [0.05, 0.1) is 0 Å².